The van der Waals surface area contributed by atoms with Gasteiger partial charge >= 0.3 is 0 Å². The molecule has 2 aliphatic rings. The Morgan fingerprint density at radius 2 is 2.00 bits per heavy atom. The summed E-state index contributed by atoms with van der Waals surface area (Å²) in [7, 11) is 0. The number of rotatable bonds is 6. The van der Waals surface area contributed by atoms with Crippen molar-refractivity contribution < 1.29 is 0 Å². The van der Waals surface area contributed by atoms with Crippen molar-refractivity contribution in [3.63, 3.8) is 0 Å². The van der Waals surface area contributed by atoms with E-state index in [0.717, 1.165) is 17.9 Å². The van der Waals surface area contributed by atoms with Gasteiger partial charge in [0.1, 0.15) is 0 Å². The highest BCUT2D eigenvalue weighted by Gasteiger charge is 2.39. The van der Waals surface area contributed by atoms with Gasteiger partial charge in [0.2, 0.25) is 0 Å². The van der Waals surface area contributed by atoms with Crippen molar-refractivity contribution >= 4 is 0 Å². The average Bonchev–Trinajstić information content (AvgIpc) is 3.37. The van der Waals surface area contributed by atoms with Gasteiger partial charge in [0.15, 0.2) is 0 Å². The van der Waals surface area contributed by atoms with Gasteiger partial charge in [-0.15, -0.1) is 0 Å². The van der Waals surface area contributed by atoms with Crippen molar-refractivity contribution in [3.05, 3.63) is 35.9 Å². The van der Waals surface area contributed by atoms with E-state index in [4.69, 9.17) is 0 Å². The number of nitrogens with zero attached hydrogens (tertiary/aromatic N) is 1. The third kappa shape index (κ3) is 3.87. The Labute approximate surface area is 129 Å². The lowest BCUT2D eigenvalue weighted by Crippen LogP contribution is -2.59. The number of benzene rings is 1. The third-order valence-electron chi connectivity index (χ3n) is 5.52. The molecule has 0 bridgehead atoms. The largest absolute Gasteiger partial charge is 0.311 e. The van der Waals surface area contributed by atoms with Crippen LogP contribution in [0, 0.1) is 11.8 Å². The van der Waals surface area contributed by atoms with Crippen LogP contribution in [0.5, 0.6) is 0 Å². The Morgan fingerprint density at radius 1 is 1.24 bits per heavy atom. The Kier molecular flexibility index (Phi) is 4.97. The van der Waals surface area contributed by atoms with Crippen LogP contribution in [0.3, 0.4) is 0 Å². The second-order valence-corrected chi connectivity index (χ2v) is 7.04. The van der Waals surface area contributed by atoms with Crippen LogP contribution in [-0.4, -0.2) is 36.6 Å². The molecule has 0 radical (unpaired) electrons. The maximum Gasteiger partial charge on any atom is 0.0249 e. The predicted molar refractivity (Wildman–Crippen MR) is 89.5 cm³/mol. The third-order valence-corrected chi connectivity index (χ3v) is 5.52. The van der Waals surface area contributed by atoms with E-state index >= 15 is 0 Å². The van der Waals surface area contributed by atoms with Crippen LogP contribution >= 0.6 is 0 Å². The molecule has 1 saturated carbocycles. The second kappa shape index (κ2) is 6.93. The standard InChI is InChI=1S/C19H30N2/c1-3-15(2)18-14-21(19(13-20-18)17-9-10-17)12-11-16-7-5-4-6-8-16/h4-8,15,17-20H,3,9-14H2,1-2H3. The van der Waals surface area contributed by atoms with Gasteiger partial charge in [-0.2, -0.15) is 0 Å². The smallest absolute Gasteiger partial charge is 0.0249 e. The lowest BCUT2D eigenvalue weighted by Gasteiger charge is -2.42. The van der Waals surface area contributed by atoms with Crippen LogP contribution in [0.25, 0.3) is 0 Å². The van der Waals surface area contributed by atoms with E-state index < -0.39 is 0 Å². The lowest BCUT2D eigenvalue weighted by atomic mass is 9.94. The van der Waals surface area contributed by atoms with Crippen molar-refractivity contribution in [1.29, 1.82) is 0 Å². The second-order valence-electron chi connectivity index (χ2n) is 7.04. The molecule has 3 unspecified atom stereocenters. The van der Waals surface area contributed by atoms with Gasteiger partial charge in [0.05, 0.1) is 0 Å². The molecule has 0 aromatic heterocycles. The van der Waals surface area contributed by atoms with E-state index in [1.807, 2.05) is 0 Å². The molecule has 1 heterocycles. The monoisotopic (exact) mass is 286 g/mol. The van der Waals surface area contributed by atoms with Gasteiger partial charge in [-0.3, -0.25) is 4.90 Å². The molecule has 1 N–H and O–H groups in total. The van der Waals surface area contributed by atoms with Gasteiger partial charge in [-0.1, -0.05) is 50.6 Å². The minimum atomic E-state index is 0.681. The fourth-order valence-corrected chi connectivity index (χ4v) is 3.64. The molecule has 2 heteroatoms. The van der Waals surface area contributed by atoms with E-state index in [1.54, 1.807) is 0 Å². The molecule has 0 amide bonds. The Bertz CT molecular complexity index is 426. The summed E-state index contributed by atoms with van der Waals surface area (Å²) in [5, 5.41) is 3.83. The Balaban J connectivity index is 1.60. The van der Waals surface area contributed by atoms with Gasteiger partial charge in [-0.05, 0) is 36.7 Å². The van der Waals surface area contributed by atoms with Crippen molar-refractivity contribution in [3.8, 4) is 0 Å². The Morgan fingerprint density at radius 3 is 2.67 bits per heavy atom. The molecule has 0 spiro atoms. The molecule has 1 aromatic rings. The quantitative estimate of drug-likeness (QED) is 0.863. The van der Waals surface area contributed by atoms with Crippen LogP contribution in [-0.2, 0) is 6.42 Å². The first-order chi connectivity index (χ1) is 10.3. The molecule has 1 aromatic carbocycles. The molecule has 1 aliphatic carbocycles. The topological polar surface area (TPSA) is 15.3 Å². The van der Waals surface area contributed by atoms with E-state index in [-0.39, 0.29) is 0 Å². The molecule has 1 saturated heterocycles. The first kappa shape index (κ1) is 15.1. The van der Waals surface area contributed by atoms with Crippen LogP contribution in [0.1, 0.15) is 38.7 Å². The highest BCUT2D eigenvalue weighted by molar-refractivity contribution is 5.15. The first-order valence-electron chi connectivity index (χ1n) is 8.79. The SMILES string of the molecule is CCC(C)C1CN(CCc2ccccc2)C(C2CC2)CN1. The Hall–Kier alpha value is -0.860. The summed E-state index contributed by atoms with van der Waals surface area (Å²) >= 11 is 0. The van der Waals surface area contributed by atoms with Gasteiger partial charge in [0.25, 0.3) is 0 Å². The molecular weight excluding hydrogens is 256 g/mol. The van der Waals surface area contributed by atoms with E-state index in [2.05, 4.69) is 54.4 Å². The molecule has 21 heavy (non-hydrogen) atoms. The first-order valence-corrected chi connectivity index (χ1v) is 8.79. The minimum absolute atomic E-state index is 0.681. The van der Waals surface area contributed by atoms with Crippen molar-refractivity contribution in [2.75, 3.05) is 19.6 Å². The summed E-state index contributed by atoms with van der Waals surface area (Å²) in [5.41, 5.74) is 1.48. The lowest BCUT2D eigenvalue weighted by molar-refractivity contribution is 0.0972. The molecule has 3 rings (SSSR count). The molecule has 2 nitrogen and oxygen atoms in total. The predicted octanol–water partition coefficient (Wildman–Crippen LogP) is 3.33. The van der Waals surface area contributed by atoms with Crippen LogP contribution < -0.4 is 5.32 Å². The fraction of sp³-hybridized carbons (Fsp3) is 0.684. The summed E-state index contributed by atoms with van der Waals surface area (Å²) < 4.78 is 0. The molecule has 2 fully saturated rings. The number of hydrogen-bond donors (Lipinski definition) is 1. The highest BCUT2D eigenvalue weighted by Crippen LogP contribution is 2.36. The van der Waals surface area contributed by atoms with Gasteiger partial charge < -0.3 is 5.32 Å². The summed E-state index contributed by atoms with van der Waals surface area (Å²) in [6, 6.07) is 12.4. The number of hydrogen-bond acceptors (Lipinski definition) is 2. The fourth-order valence-electron chi connectivity index (χ4n) is 3.64. The average molecular weight is 286 g/mol. The minimum Gasteiger partial charge on any atom is -0.311 e. The van der Waals surface area contributed by atoms with Crippen molar-refractivity contribution in [1.82, 2.24) is 10.2 Å². The summed E-state index contributed by atoms with van der Waals surface area (Å²) in [6.45, 7) is 8.37. The zero-order chi connectivity index (χ0) is 14.7. The molecular formula is C19H30N2. The summed E-state index contributed by atoms with van der Waals surface area (Å²) in [4.78, 5) is 2.79. The highest BCUT2D eigenvalue weighted by atomic mass is 15.2. The zero-order valence-electron chi connectivity index (χ0n) is 13.6. The number of piperazine rings is 1. The van der Waals surface area contributed by atoms with Crippen molar-refractivity contribution in [2.24, 2.45) is 11.8 Å². The maximum absolute atomic E-state index is 3.83. The maximum atomic E-state index is 3.83. The van der Waals surface area contributed by atoms with Gasteiger partial charge in [0, 0.05) is 31.7 Å². The van der Waals surface area contributed by atoms with E-state index in [9.17, 15) is 0 Å². The van der Waals surface area contributed by atoms with Crippen LogP contribution in [0.2, 0.25) is 0 Å². The van der Waals surface area contributed by atoms with Gasteiger partial charge in [-0.25, -0.2) is 0 Å². The molecule has 1 aliphatic heterocycles. The van der Waals surface area contributed by atoms with E-state index in [1.165, 1.54) is 50.9 Å². The van der Waals surface area contributed by atoms with Crippen LogP contribution in [0.15, 0.2) is 30.3 Å². The number of nitrogens with one attached hydrogen (secondary N) is 1. The summed E-state index contributed by atoms with van der Waals surface area (Å²) in [6.07, 6.45) is 5.36. The van der Waals surface area contributed by atoms with Crippen molar-refractivity contribution in [2.45, 2.75) is 51.6 Å². The van der Waals surface area contributed by atoms with Crippen LogP contribution in [0.4, 0.5) is 0 Å². The molecule has 116 valence electrons. The zero-order valence-corrected chi connectivity index (χ0v) is 13.6. The summed E-state index contributed by atoms with van der Waals surface area (Å²) in [5.74, 6) is 1.75. The van der Waals surface area contributed by atoms with E-state index in [0.29, 0.717) is 6.04 Å². The normalized spacial score (nSPS) is 28.5. The molecule has 3 atom stereocenters.